The molecule has 0 aliphatic heterocycles. The van der Waals surface area contributed by atoms with Crippen molar-refractivity contribution in [2.75, 3.05) is 0 Å². The topological polar surface area (TPSA) is 54.4 Å². The molecule has 4 rings (SSSR count). The minimum Gasteiger partial charge on any atom is -0.504 e. The molecule has 4 aliphatic rings. The van der Waals surface area contributed by atoms with Crippen LogP contribution in [0, 0.1) is 34.5 Å². The lowest BCUT2D eigenvalue weighted by atomic mass is 9.45. The van der Waals surface area contributed by atoms with Gasteiger partial charge in [-0.05, 0) is 66.8 Å². The second kappa shape index (κ2) is 4.70. The number of Topliss-reactive ketones (excluding diaryl/α,β-unsaturated/α-hetero) is 2. The van der Waals surface area contributed by atoms with E-state index in [0.717, 1.165) is 44.1 Å². The van der Waals surface area contributed by atoms with Crippen molar-refractivity contribution in [1.82, 2.24) is 0 Å². The van der Waals surface area contributed by atoms with Crippen LogP contribution in [0.4, 0.5) is 0 Å². The maximum Gasteiger partial charge on any atom is 0.197 e. The molecule has 3 nitrogen and oxygen atoms in total. The van der Waals surface area contributed by atoms with Gasteiger partial charge in [0.15, 0.2) is 11.5 Å². The molecule has 3 saturated carbocycles. The molecule has 23 heavy (non-hydrogen) atoms. The van der Waals surface area contributed by atoms with Crippen LogP contribution < -0.4 is 0 Å². The van der Waals surface area contributed by atoms with E-state index in [1.807, 2.05) is 0 Å². The molecule has 3 heteroatoms. The minimum absolute atomic E-state index is 0.0483. The van der Waals surface area contributed by atoms with Gasteiger partial charge in [0.2, 0.25) is 0 Å². The lowest BCUT2D eigenvalue weighted by Crippen LogP contribution is -2.53. The average Bonchev–Trinajstić information content (AvgIpc) is 2.79. The zero-order valence-corrected chi connectivity index (χ0v) is 14.5. The van der Waals surface area contributed by atoms with Crippen LogP contribution in [0.25, 0.3) is 0 Å². The Morgan fingerprint density at radius 1 is 1.00 bits per heavy atom. The van der Waals surface area contributed by atoms with E-state index in [9.17, 15) is 14.7 Å². The molecule has 126 valence electrons. The zero-order valence-electron chi connectivity index (χ0n) is 14.5. The van der Waals surface area contributed by atoms with Crippen molar-refractivity contribution in [3.8, 4) is 0 Å². The number of aliphatic hydroxyl groups excluding tert-OH is 1. The third-order valence-corrected chi connectivity index (χ3v) is 8.09. The third kappa shape index (κ3) is 1.82. The van der Waals surface area contributed by atoms with Crippen LogP contribution >= 0.6 is 0 Å². The summed E-state index contributed by atoms with van der Waals surface area (Å²) in [4.78, 5) is 24.5. The summed E-state index contributed by atoms with van der Waals surface area (Å²) in [6.45, 7) is 6.64. The number of allylic oxidation sites excluding steroid dienone is 1. The molecule has 6 atom stereocenters. The van der Waals surface area contributed by atoms with Crippen LogP contribution in [0.3, 0.4) is 0 Å². The lowest BCUT2D eigenvalue weighted by Gasteiger charge is -2.58. The summed E-state index contributed by atoms with van der Waals surface area (Å²) in [6, 6.07) is 0. The Kier molecular flexibility index (Phi) is 3.15. The summed E-state index contributed by atoms with van der Waals surface area (Å²) in [5, 5.41) is 10.5. The quantitative estimate of drug-likeness (QED) is 0.728. The van der Waals surface area contributed by atoms with E-state index in [2.05, 4.69) is 20.8 Å². The van der Waals surface area contributed by atoms with Crippen molar-refractivity contribution >= 4 is 11.6 Å². The van der Waals surface area contributed by atoms with Gasteiger partial charge in [-0.3, -0.25) is 9.59 Å². The summed E-state index contributed by atoms with van der Waals surface area (Å²) in [7, 11) is 0. The maximum absolute atomic E-state index is 12.4. The number of hydrogen-bond donors (Lipinski definition) is 1. The van der Waals surface area contributed by atoms with Crippen molar-refractivity contribution in [2.24, 2.45) is 34.5 Å². The summed E-state index contributed by atoms with van der Waals surface area (Å²) in [5.41, 5.74) is 0.876. The van der Waals surface area contributed by atoms with Crippen molar-refractivity contribution in [1.29, 1.82) is 0 Å². The van der Waals surface area contributed by atoms with Gasteiger partial charge in [0, 0.05) is 18.3 Å². The van der Waals surface area contributed by atoms with Gasteiger partial charge in [-0.2, -0.15) is 0 Å². The first-order valence-corrected chi connectivity index (χ1v) is 9.29. The molecule has 0 amide bonds. The fraction of sp³-hybridized carbons (Fsp3) is 0.800. The first kappa shape index (κ1) is 15.4. The molecule has 0 saturated heterocycles. The Morgan fingerprint density at radius 3 is 2.43 bits per heavy atom. The lowest BCUT2D eigenvalue weighted by molar-refractivity contribution is -0.133. The predicted molar refractivity (Wildman–Crippen MR) is 87.8 cm³/mol. The number of fused-ring (bicyclic) bond motifs is 5. The second-order valence-electron chi connectivity index (χ2n) is 9.03. The molecule has 0 unspecified atom stereocenters. The van der Waals surface area contributed by atoms with Crippen molar-refractivity contribution in [3.63, 3.8) is 0 Å². The van der Waals surface area contributed by atoms with E-state index in [1.54, 1.807) is 0 Å². The summed E-state index contributed by atoms with van der Waals surface area (Å²) < 4.78 is 0. The normalized spacial score (nSPS) is 49.7. The SMILES string of the molecule is C[C@H]1C[C@@H]2[C@H](CC[C@]3(C)C(=O)CC[C@@H]23)[C@@]2(C)CCC(=O)C(O)=C12. The molecular formula is C20H28O3. The fourth-order valence-corrected chi connectivity index (χ4v) is 6.93. The summed E-state index contributed by atoms with van der Waals surface area (Å²) in [6.07, 6.45) is 6.23. The van der Waals surface area contributed by atoms with Crippen molar-refractivity contribution in [2.45, 2.75) is 65.7 Å². The van der Waals surface area contributed by atoms with Gasteiger partial charge in [-0.15, -0.1) is 0 Å². The molecular weight excluding hydrogens is 288 g/mol. The molecule has 0 heterocycles. The Morgan fingerprint density at radius 2 is 1.70 bits per heavy atom. The first-order chi connectivity index (χ1) is 10.8. The monoisotopic (exact) mass is 316 g/mol. The van der Waals surface area contributed by atoms with Crippen LogP contribution in [-0.4, -0.2) is 16.7 Å². The molecule has 0 aromatic carbocycles. The number of hydrogen-bond acceptors (Lipinski definition) is 3. The van der Waals surface area contributed by atoms with Crippen LogP contribution in [0.15, 0.2) is 11.3 Å². The number of rotatable bonds is 0. The molecule has 0 spiro atoms. The number of carbonyl (C=O) groups is 2. The average molecular weight is 316 g/mol. The summed E-state index contributed by atoms with van der Waals surface area (Å²) >= 11 is 0. The maximum atomic E-state index is 12.4. The van der Waals surface area contributed by atoms with Crippen LogP contribution in [0.1, 0.15) is 65.7 Å². The standard InChI is InChI=1S/C20H28O3/c1-11-10-12-13-4-5-16(22)19(13,2)8-6-14(12)20(3)9-7-15(21)18(23)17(11)20/h11-14,23H,4-10H2,1-3H3/t11-,12-,13-,14-,19-,20+/m0/s1. The Labute approximate surface area is 138 Å². The Bertz CT molecular complexity index is 618. The van der Waals surface area contributed by atoms with E-state index in [4.69, 9.17) is 0 Å². The number of ketones is 2. The second-order valence-corrected chi connectivity index (χ2v) is 9.03. The van der Waals surface area contributed by atoms with Gasteiger partial charge in [0.1, 0.15) is 5.78 Å². The van der Waals surface area contributed by atoms with Crippen LogP contribution in [0.2, 0.25) is 0 Å². The zero-order chi connectivity index (χ0) is 16.6. The van der Waals surface area contributed by atoms with Gasteiger partial charge in [-0.25, -0.2) is 0 Å². The van der Waals surface area contributed by atoms with Gasteiger partial charge in [-0.1, -0.05) is 20.8 Å². The Balaban J connectivity index is 1.78. The molecule has 4 aliphatic carbocycles. The molecule has 0 bridgehead atoms. The van der Waals surface area contributed by atoms with Gasteiger partial charge < -0.3 is 5.11 Å². The van der Waals surface area contributed by atoms with E-state index in [1.165, 1.54) is 0 Å². The van der Waals surface area contributed by atoms with Gasteiger partial charge in [0.25, 0.3) is 0 Å². The smallest absolute Gasteiger partial charge is 0.197 e. The highest BCUT2D eigenvalue weighted by molar-refractivity contribution is 5.95. The predicted octanol–water partition coefficient (Wildman–Crippen LogP) is 4.22. The fourth-order valence-electron chi connectivity index (χ4n) is 6.93. The van der Waals surface area contributed by atoms with Crippen molar-refractivity contribution in [3.05, 3.63) is 11.3 Å². The first-order valence-electron chi connectivity index (χ1n) is 9.29. The molecule has 0 aromatic rings. The Hall–Kier alpha value is -1.12. The molecule has 3 fully saturated rings. The highest BCUT2D eigenvalue weighted by Gasteiger charge is 2.60. The number of aliphatic hydroxyl groups is 1. The van der Waals surface area contributed by atoms with Crippen LogP contribution in [-0.2, 0) is 9.59 Å². The van der Waals surface area contributed by atoms with Crippen LogP contribution in [0.5, 0.6) is 0 Å². The van der Waals surface area contributed by atoms with E-state index >= 15 is 0 Å². The van der Waals surface area contributed by atoms with E-state index in [-0.39, 0.29) is 28.3 Å². The van der Waals surface area contributed by atoms with Crippen molar-refractivity contribution < 1.29 is 14.7 Å². The third-order valence-electron chi connectivity index (χ3n) is 8.09. The van der Waals surface area contributed by atoms with Gasteiger partial charge >= 0.3 is 0 Å². The largest absolute Gasteiger partial charge is 0.504 e. The molecule has 0 aromatic heterocycles. The highest BCUT2D eigenvalue weighted by Crippen LogP contribution is 2.65. The molecule has 1 N–H and O–H groups in total. The minimum atomic E-state index is -0.106. The van der Waals surface area contributed by atoms with E-state index < -0.39 is 0 Å². The number of carbonyl (C=O) groups excluding carboxylic acids is 2. The van der Waals surface area contributed by atoms with E-state index in [0.29, 0.717) is 30.0 Å². The molecule has 0 radical (unpaired) electrons. The highest BCUT2D eigenvalue weighted by atomic mass is 16.3. The summed E-state index contributed by atoms with van der Waals surface area (Å²) in [5.74, 6) is 2.33. The van der Waals surface area contributed by atoms with Gasteiger partial charge in [0.05, 0.1) is 0 Å².